The van der Waals surface area contributed by atoms with Gasteiger partial charge in [0, 0.05) is 12.8 Å². The van der Waals surface area contributed by atoms with Gasteiger partial charge in [-0.1, -0.05) is 0 Å². The van der Waals surface area contributed by atoms with E-state index in [-0.39, 0.29) is 13.8 Å². The molecule has 0 aromatic carbocycles. The molecule has 1 aliphatic rings. The Morgan fingerprint density at radius 3 is 1.50 bits per heavy atom. The topological polar surface area (TPSA) is 0 Å². The van der Waals surface area contributed by atoms with Gasteiger partial charge in [-0.25, -0.2) is 35.1 Å². The predicted octanol–water partition coefficient (Wildman–Crippen LogP) is 5.16. The van der Waals surface area contributed by atoms with Crippen LogP contribution < -0.4 is 0 Å². The summed E-state index contributed by atoms with van der Waals surface area (Å²) in [6.07, 6.45) is -3.54. The molecule has 1 rings (SSSR count). The van der Waals surface area contributed by atoms with E-state index < -0.39 is 60.5 Å². The number of hydrogen-bond donors (Lipinski definition) is 0. The summed E-state index contributed by atoms with van der Waals surface area (Å²) in [5.74, 6) is -10.5. The van der Waals surface area contributed by atoms with Crippen LogP contribution in [0.15, 0.2) is 0 Å². The quantitative estimate of drug-likeness (QED) is 0.607. The van der Waals surface area contributed by atoms with Crippen molar-refractivity contribution in [3.05, 3.63) is 0 Å². The summed E-state index contributed by atoms with van der Waals surface area (Å²) in [4.78, 5) is 0. The summed E-state index contributed by atoms with van der Waals surface area (Å²) in [6, 6.07) is 0. The maximum absolute atomic E-state index is 14.3. The van der Waals surface area contributed by atoms with Crippen LogP contribution in [0.25, 0.3) is 0 Å². The van der Waals surface area contributed by atoms with Crippen LogP contribution in [0.2, 0.25) is 0 Å². The van der Waals surface area contributed by atoms with E-state index in [1.54, 1.807) is 0 Å². The number of halogens is 9. The van der Waals surface area contributed by atoms with Crippen LogP contribution in [0.5, 0.6) is 0 Å². The molecule has 4 atom stereocenters. The molecule has 0 bridgehead atoms. The molecule has 1 aliphatic carbocycles. The first kappa shape index (κ1) is 19.4. The Morgan fingerprint density at radius 1 is 0.682 bits per heavy atom. The van der Waals surface area contributed by atoms with E-state index in [0.29, 0.717) is 6.92 Å². The van der Waals surface area contributed by atoms with E-state index in [4.69, 9.17) is 0 Å². The average Bonchev–Trinajstić information content (AvgIpc) is 2.33. The highest BCUT2D eigenvalue weighted by Gasteiger charge is 2.80. The molecule has 0 heterocycles. The molecule has 1 fully saturated rings. The molecule has 0 radical (unpaired) electrons. The van der Waals surface area contributed by atoms with E-state index in [0.717, 1.165) is 0 Å². The molecule has 0 spiro atoms. The first-order valence-electron chi connectivity index (χ1n) is 6.48. The summed E-state index contributed by atoms with van der Waals surface area (Å²) in [5.41, 5.74) is -15.6. The van der Waals surface area contributed by atoms with Gasteiger partial charge in [0.2, 0.25) is 5.67 Å². The number of rotatable bonds is 2. The van der Waals surface area contributed by atoms with Crippen molar-refractivity contribution in [1.29, 1.82) is 0 Å². The fourth-order valence-corrected chi connectivity index (χ4v) is 3.13. The van der Waals surface area contributed by atoms with Crippen LogP contribution in [0.4, 0.5) is 39.5 Å². The normalized spacial score (nSPS) is 48.5. The zero-order valence-corrected chi connectivity index (χ0v) is 12.2. The molecule has 0 nitrogen and oxygen atoms in total. The summed E-state index contributed by atoms with van der Waals surface area (Å²) in [7, 11) is 0. The standard InChI is InChI=1S/C13H17F9/c1-8(16)4-10(3,17)12(19,20)9(2,6-14)13(21,22)11(18,5-8)7-15/h4-7H2,1-3H3. The molecule has 132 valence electrons. The molecular formula is C13H17F9. The van der Waals surface area contributed by atoms with Crippen molar-refractivity contribution in [3.8, 4) is 0 Å². The smallest absolute Gasteiger partial charge is 0.250 e. The summed E-state index contributed by atoms with van der Waals surface area (Å²) < 4.78 is 126. The Labute approximate surface area is 122 Å². The van der Waals surface area contributed by atoms with Gasteiger partial charge in [0.15, 0.2) is 5.67 Å². The average molecular weight is 344 g/mol. The van der Waals surface area contributed by atoms with E-state index >= 15 is 0 Å². The van der Waals surface area contributed by atoms with Crippen molar-refractivity contribution in [2.75, 3.05) is 13.3 Å². The van der Waals surface area contributed by atoms with Gasteiger partial charge in [-0.05, 0) is 20.8 Å². The van der Waals surface area contributed by atoms with Gasteiger partial charge in [-0.15, -0.1) is 0 Å². The third-order valence-corrected chi connectivity index (χ3v) is 4.43. The van der Waals surface area contributed by atoms with Gasteiger partial charge in [-0.2, -0.15) is 0 Å². The summed E-state index contributed by atoms with van der Waals surface area (Å²) in [5, 5.41) is 0. The lowest BCUT2D eigenvalue weighted by Crippen LogP contribution is -2.71. The van der Waals surface area contributed by atoms with E-state index in [9.17, 15) is 39.5 Å². The van der Waals surface area contributed by atoms with Crippen LogP contribution in [0, 0.1) is 5.41 Å². The SMILES string of the molecule is CC1(F)CC(C)(F)C(F)(F)C(C)(CF)C(F)(F)C(F)(CF)C1. The highest BCUT2D eigenvalue weighted by molar-refractivity contribution is 5.18. The fourth-order valence-electron chi connectivity index (χ4n) is 3.13. The van der Waals surface area contributed by atoms with E-state index in [2.05, 4.69) is 0 Å². The Hall–Kier alpha value is -0.630. The maximum Gasteiger partial charge on any atom is 0.297 e. The Kier molecular flexibility index (Phi) is 4.35. The monoisotopic (exact) mass is 344 g/mol. The number of alkyl halides is 9. The van der Waals surface area contributed by atoms with Crippen LogP contribution in [-0.4, -0.2) is 42.2 Å². The molecule has 4 unspecified atom stereocenters. The molecule has 22 heavy (non-hydrogen) atoms. The Balaban J connectivity index is 3.70. The molecule has 0 N–H and O–H groups in total. The molecule has 0 aliphatic heterocycles. The lowest BCUT2D eigenvalue weighted by Gasteiger charge is -2.53. The summed E-state index contributed by atoms with van der Waals surface area (Å²) >= 11 is 0. The van der Waals surface area contributed by atoms with Crippen LogP contribution in [0.3, 0.4) is 0 Å². The second-order valence-electron chi connectivity index (χ2n) is 6.68. The highest BCUT2D eigenvalue weighted by atomic mass is 19.3. The first-order chi connectivity index (χ1) is 9.54. The zero-order valence-electron chi connectivity index (χ0n) is 12.2. The van der Waals surface area contributed by atoms with E-state index in [1.165, 1.54) is 0 Å². The zero-order chi connectivity index (χ0) is 17.8. The van der Waals surface area contributed by atoms with Crippen LogP contribution >= 0.6 is 0 Å². The van der Waals surface area contributed by atoms with Crippen molar-refractivity contribution in [2.24, 2.45) is 5.41 Å². The predicted molar refractivity (Wildman–Crippen MR) is 62.1 cm³/mol. The number of hydrogen-bond acceptors (Lipinski definition) is 0. The van der Waals surface area contributed by atoms with Crippen molar-refractivity contribution in [2.45, 2.75) is 62.5 Å². The van der Waals surface area contributed by atoms with E-state index in [1.807, 2.05) is 0 Å². The Bertz CT molecular complexity index is 431. The van der Waals surface area contributed by atoms with Gasteiger partial charge in [0.1, 0.15) is 24.4 Å². The molecular weight excluding hydrogens is 327 g/mol. The lowest BCUT2D eigenvalue weighted by atomic mass is 9.61. The van der Waals surface area contributed by atoms with Gasteiger partial charge in [0.05, 0.1) is 0 Å². The van der Waals surface area contributed by atoms with Crippen LogP contribution in [0.1, 0.15) is 33.6 Å². The lowest BCUT2D eigenvalue weighted by molar-refractivity contribution is -0.337. The molecule has 1 saturated carbocycles. The van der Waals surface area contributed by atoms with Crippen molar-refractivity contribution >= 4 is 0 Å². The minimum atomic E-state index is -5.34. The molecule has 0 aromatic rings. The van der Waals surface area contributed by atoms with Gasteiger partial charge in [0.25, 0.3) is 11.8 Å². The fraction of sp³-hybridized carbons (Fsp3) is 1.00. The van der Waals surface area contributed by atoms with Gasteiger partial charge >= 0.3 is 0 Å². The molecule has 9 heteroatoms. The van der Waals surface area contributed by atoms with Crippen molar-refractivity contribution in [1.82, 2.24) is 0 Å². The molecule has 0 saturated heterocycles. The minimum absolute atomic E-state index is 0.0598. The second kappa shape index (κ2) is 4.93. The summed E-state index contributed by atoms with van der Waals surface area (Å²) in [6.45, 7) is -4.50. The third-order valence-electron chi connectivity index (χ3n) is 4.43. The first-order valence-corrected chi connectivity index (χ1v) is 6.48. The van der Waals surface area contributed by atoms with Crippen molar-refractivity contribution < 1.29 is 39.5 Å². The van der Waals surface area contributed by atoms with Gasteiger partial charge < -0.3 is 0 Å². The van der Waals surface area contributed by atoms with Crippen molar-refractivity contribution in [3.63, 3.8) is 0 Å². The molecule has 0 aromatic heterocycles. The maximum atomic E-state index is 14.3. The minimum Gasteiger partial charge on any atom is -0.250 e. The second-order valence-corrected chi connectivity index (χ2v) is 6.68. The Morgan fingerprint density at radius 2 is 1.14 bits per heavy atom. The van der Waals surface area contributed by atoms with Crippen LogP contribution in [-0.2, 0) is 0 Å². The molecule has 0 amide bonds. The highest BCUT2D eigenvalue weighted by Crippen LogP contribution is 2.63. The third kappa shape index (κ3) is 2.29. The van der Waals surface area contributed by atoms with Gasteiger partial charge in [-0.3, -0.25) is 4.39 Å². The largest absolute Gasteiger partial charge is 0.297 e.